The summed E-state index contributed by atoms with van der Waals surface area (Å²) in [6.45, 7) is 1.91. The number of rotatable bonds is 6. The molecule has 0 saturated heterocycles. The van der Waals surface area contributed by atoms with Crippen molar-refractivity contribution < 1.29 is 4.79 Å². The highest BCUT2D eigenvalue weighted by Crippen LogP contribution is 2.36. The first-order chi connectivity index (χ1) is 10.6. The van der Waals surface area contributed by atoms with Gasteiger partial charge in [0.25, 0.3) is 0 Å². The lowest BCUT2D eigenvalue weighted by atomic mass is 10.1. The Morgan fingerprint density at radius 2 is 2.27 bits per heavy atom. The second-order valence-electron chi connectivity index (χ2n) is 5.24. The third-order valence-electron chi connectivity index (χ3n) is 3.44. The lowest BCUT2D eigenvalue weighted by molar-refractivity contribution is -0.119. The van der Waals surface area contributed by atoms with E-state index < -0.39 is 0 Å². The fraction of sp³-hybridized carbons (Fsp3) is 0.429. The summed E-state index contributed by atoms with van der Waals surface area (Å²) >= 11 is 7.49. The molecule has 0 aliphatic heterocycles. The zero-order valence-electron chi connectivity index (χ0n) is 12.1. The molecule has 3 rings (SSSR count). The molecule has 1 saturated carbocycles. The molecule has 8 heteroatoms. The van der Waals surface area contributed by atoms with Gasteiger partial charge in [-0.2, -0.15) is 0 Å². The summed E-state index contributed by atoms with van der Waals surface area (Å²) in [6.07, 6.45) is 2.21. The third kappa shape index (κ3) is 3.59. The van der Waals surface area contributed by atoms with E-state index in [0.29, 0.717) is 16.2 Å². The first-order valence-electron chi connectivity index (χ1n) is 7.09. The summed E-state index contributed by atoms with van der Waals surface area (Å²) < 4.78 is 1.80. The summed E-state index contributed by atoms with van der Waals surface area (Å²) in [5, 5.41) is 15.9. The summed E-state index contributed by atoms with van der Waals surface area (Å²) in [6, 6.07) is 7.77. The largest absolute Gasteiger partial charge is 0.349 e. The van der Waals surface area contributed by atoms with Crippen LogP contribution in [0.1, 0.15) is 37.4 Å². The van der Waals surface area contributed by atoms with Crippen LogP contribution in [0.25, 0.3) is 0 Å². The molecular formula is C14H16ClN5OS. The molecule has 0 radical (unpaired) electrons. The highest BCUT2D eigenvalue weighted by molar-refractivity contribution is 7.99. The van der Waals surface area contributed by atoms with Crippen molar-refractivity contribution in [2.45, 2.75) is 37.0 Å². The number of carbonyl (C=O) groups is 1. The van der Waals surface area contributed by atoms with Crippen LogP contribution in [0, 0.1) is 0 Å². The summed E-state index contributed by atoms with van der Waals surface area (Å²) in [5.74, 6) is 0.213. The molecule has 1 aromatic heterocycles. The Hall–Kier alpha value is -1.60. The minimum atomic E-state index is -0.138. The molecule has 6 nitrogen and oxygen atoms in total. The van der Waals surface area contributed by atoms with Gasteiger partial charge in [-0.05, 0) is 41.8 Å². The van der Waals surface area contributed by atoms with Crippen LogP contribution in [0.2, 0.25) is 5.02 Å². The lowest BCUT2D eigenvalue weighted by Crippen LogP contribution is -2.28. The first kappa shape index (κ1) is 15.3. The fourth-order valence-corrected chi connectivity index (χ4v) is 3.20. The Bertz CT molecular complexity index is 673. The van der Waals surface area contributed by atoms with E-state index in [1.165, 1.54) is 11.8 Å². The van der Waals surface area contributed by atoms with Gasteiger partial charge in [-0.1, -0.05) is 41.6 Å². The van der Waals surface area contributed by atoms with Crippen LogP contribution < -0.4 is 5.32 Å². The molecule has 0 unspecified atom stereocenters. The standard InChI is InChI=1S/C14H16ClN5OS/c1-9(11-4-2-3-5-12(11)15)16-13(21)8-22-14-17-18-19-20(14)10-6-7-10/h2-5,9-10H,6-8H2,1H3,(H,16,21)/t9-/m1/s1. The number of hydrogen-bond acceptors (Lipinski definition) is 5. The molecular weight excluding hydrogens is 322 g/mol. The second-order valence-corrected chi connectivity index (χ2v) is 6.59. The van der Waals surface area contributed by atoms with E-state index in [-0.39, 0.29) is 17.7 Å². The van der Waals surface area contributed by atoms with Crippen molar-refractivity contribution in [2.24, 2.45) is 0 Å². The quantitative estimate of drug-likeness (QED) is 0.820. The average molecular weight is 338 g/mol. The number of thioether (sulfide) groups is 1. The Labute approximate surface area is 137 Å². The number of tetrazole rings is 1. The highest BCUT2D eigenvalue weighted by atomic mass is 35.5. The van der Waals surface area contributed by atoms with Gasteiger partial charge in [0.15, 0.2) is 0 Å². The monoisotopic (exact) mass is 337 g/mol. The number of aromatic nitrogens is 4. The van der Waals surface area contributed by atoms with Crippen molar-refractivity contribution in [3.63, 3.8) is 0 Å². The molecule has 22 heavy (non-hydrogen) atoms. The average Bonchev–Trinajstić information content (AvgIpc) is 3.24. The predicted octanol–water partition coefficient (Wildman–Crippen LogP) is 2.63. The smallest absolute Gasteiger partial charge is 0.230 e. The molecule has 1 heterocycles. The number of amides is 1. The van der Waals surface area contributed by atoms with Gasteiger partial charge in [-0.3, -0.25) is 4.79 Å². The van der Waals surface area contributed by atoms with Crippen molar-refractivity contribution in [3.8, 4) is 0 Å². The Balaban J connectivity index is 1.54. The molecule has 2 aromatic rings. The van der Waals surface area contributed by atoms with Crippen LogP contribution in [0.5, 0.6) is 0 Å². The maximum Gasteiger partial charge on any atom is 0.230 e. The molecule has 1 aromatic carbocycles. The molecule has 1 N–H and O–H groups in total. The molecule has 1 atom stereocenters. The van der Waals surface area contributed by atoms with Crippen molar-refractivity contribution in [1.82, 2.24) is 25.5 Å². The molecule has 1 aliphatic carbocycles. The van der Waals surface area contributed by atoms with E-state index in [0.717, 1.165) is 18.4 Å². The van der Waals surface area contributed by atoms with Gasteiger partial charge in [0.1, 0.15) is 0 Å². The SMILES string of the molecule is C[C@@H](NC(=O)CSc1nnnn1C1CC1)c1ccccc1Cl. The van der Waals surface area contributed by atoms with Crippen LogP contribution in [-0.2, 0) is 4.79 Å². The van der Waals surface area contributed by atoms with Crippen molar-refractivity contribution in [2.75, 3.05) is 5.75 Å². The fourth-order valence-electron chi connectivity index (χ4n) is 2.15. The highest BCUT2D eigenvalue weighted by Gasteiger charge is 2.28. The molecule has 1 aliphatic rings. The summed E-state index contributed by atoms with van der Waals surface area (Å²) in [7, 11) is 0. The molecule has 0 spiro atoms. The molecule has 1 amide bonds. The number of carbonyl (C=O) groups excluding carboxylic acids is 1. The normalized spacial score (nSPS) is 15.5. The number of benzene rings is 1. The van der Waals surface area contributed by atoms with Crippen molar-refractivity contribution in [3.05, 3.63) is 34.9 Å². The van der Waals surface area contributed by atoms with Gasteiger partial charge >= 0.3 is 0 Å². The van der Waals surface area contributed by atoms with E-state index in [1.807, 2.05) is 31.2 Å². The topological polar surface area (TPSA) is 72.7 Å². The van der Waals surface area contributed by atoms with Crippen LogP contribution in [0.3, 0.4) is 0 Å². The van der Waals surface area contributed by atoms with E-state index in [1.54, 1.807) is 4.68 Å². The van der Waals surface area contributed by atoms with Crippen LogP contribution in [-0.4, -0.2) is 31.9 Å². The third-order valence-corrected chi connectivity index (χ3v) is 4.71. The zero-order valence-corrected chi connectivity index (χ0v) is 13.6. The zero-order chi connectivity index (χ0) is 15.5. The van der Waals surface area contributed by atoms with Crippen LogP contribution in [0.4, 0.5) is 0 Å². The van der Waals surface area contributed by atoms with Gasteiger partial charge in [0.2, 0.25) is 11.1 Å². The number of nitrogens with one attached hydrogen (secondary N) is 1. The van der Waals surface area contributed by atoms with Crippen molar-refractivity contribution in [1.29, 1.82) is 0 Å². The molecule has 0 bridgehead atoms. The van der Waals surface area contributed by atoms with Crippen LogP contribution in [0.15, 0.2) is 29.4 Å². The van der Waals surface area contributed by atoms with Gasteiger partial charge in [-0.15, -0.1) is 5.10 Å². The van der Waals surface area contributed by atoms with Crippen molar-refractivity contribution >= 4 is 29.3 Å². The number of halogens is 1. The predicted molar refractivity (Wildman–Crippen MR) is 84.8 cm³/mol. The Kier molecular flexibility index (Phi) is 4.63. The van der Waals surface area contributed by atoms with Gasteiger partial charge in [-0.25, -0.2) is 4.68 Å². The number of hydrogen-bond donors (Lipinski definition) is 1. The van der Waals surface area contributed by atoms with Crippen LogP contribution >= 0.6 is 23.4 Å². The first-order valence-corrected chi connectivity index (χ1v) is 8.46. The minimum absolute atomic E-state index is 0.0669. The van der Waals surface area contributed by atoms with Gasteiger partial charge < -0.3 is 5.32 Å². The van der Waals surface area contributed by atoms with Gasteiger partial charge in [0, 0.05) is 5.02 Å². The van der Waals surface area contributed by atoms with E-state index in [4.69, 9.17) is 11.6 Å². The minimum Gasteiger partial charge on any atom is -0.349 e. The Morgan fingerprint density at radius 3 is 3.00 bits per heavy atom. The molecule has 1 fully saturated rings. The second kappa shape index (κ2) is 6.66. The summed E-state index contributed by atoms with van der Waals surface area (Å²) in [5.41, 5.74) is 0.908. The molecule has 116 valence electrons. The number of nitrogens with zero attached hydrogens (tertiary/aromatic N) is 4. The lowest BCUT2D eigenvalue weighted by Gasteiger charge is -2.15. The van der Waals surface area contributed by atoms with E-state index in [2.05, 4.69) is 20.8 Å². The van der Waals surface area contributed by atoms with E-state index in [9.17, 15) is 4.79 Å². The summed E-state index contributed by atoms with van der Waals surface area (Å²) in [4.78, 5) is 12.1. The van der Waals surface area contributed by atoms with Gasteiger partial charge in [0.05, 0.1) is 17.8 Å². The Morgan fingerprint density at radius 1 is 1.50 bits per heavy atom. The van der Waals surface area contributed by atoms with E-state index >= 15 is 0 Å². The maximum atomic E-state index is 12.1. The maximum absolute atomic E-state index is 12.1.